The highest BCUT2D eigenvalue weighted by molar-refractivity contribution is 5.91. The van der Waals surface area contributed by atoms with Gasteiger partial charge in [0, 0.05) is 37.5 Å². The van der Waals surface area contributed by atoms with Crippen molar-refractivity contribution in [2.45, 2.75) is 39.7 Å². The van der Waals surface area contributed by atoms with Gasteiger partial charge in [-0.2, -0.15) is 5.10 Å². The molecule has 162 valence electrons. The Morgan fingerprint density at radius 3 is 2.03 bits per heavy atom. The highest BCUT2D eigenvalue weighted by Gasteiger charge is 2.15. The van der Waals surface area contributed by atoms with E-state index in [1.165, 1.54) is 18.5 Å². The molecule has 31 heavy (non-hydrogen) atoms. The molecule has 0 saturated carbocycles. The van der Waals surface area contributed by atoms with Crippen LogP contribution in [0.4, 0.5) is 11.4 Å². The third kappa shape index (κ3) is 5.56. The van der Waals surface area contributed by atoms with Crippen LogP contribution in [-0.2, 0) is 22.6 Å². The van der Waals surface area contributed by atoms with E-state index in [0.29, 0.717) is 13.0 Å². The monoisotopic (exact) mass is 424 g/mol. The molecule has 10 nitrogen and oxygen atoms in total. The van der Waals surface area contributed by atoms with Crippen LogP contribution in [0.5, 0.6) is 0 Å². The van der Waals surface area contributed by atoms with E-state index >= 15 is 0 Å². The average molecular weight is 424 g/mol. The number of aryl methyl sites for hydroxylation is 2. The van der Waals surface area contributed by atoms with Gasteiger partial charge in [0.15, 0.2) is 0 Å². The van der Waals surface area contributed by atoms with Gasteiger partial charge in [-0.25, -0.2) is 0 Å². The smallest absolute Gasteiger partial charge is 0.271 e. The molecule has 2 amide bonds. The van der Waals surface area contributed by atoms with Crippen molar-refractivity contribution in [3.63, 3.8) is 0 Å². The topological polar surface area (TPSA) is 142 Å². The Morgan fingerprint density at radius 2 is 1.48 bits per heavy atom. The molecule has 0 atom stereocenters. The van der Waals surface area contributed by atoms with Crippen LogP contribution in [0, 0.1) is 13.8 Å². The predicted octanol–water partition coefficient (Wildman–Crippen LogP) is 1.48. The molecule has 0 radical (unpaired) electrons. The van der Waals surface area contributed by atoms with E-state index in [4.69, 9.17) is 0 Å². The maximum atomic E-state index is 12.2. The molecule has 10 heteroatoms. The molecule has 0 saturated heterocycles. The molecule has 4 N–H and O–H groups in total. The first-order chi connectivity index (χ1) is 14.8. The fraction of sp³-hybridized carbons (Fsp3) is 0.286. The Balaban J connectivity index is 1.56. The molecule has 0 aliphatic heterocycles. The van der Waals surface area contributed by atoms with Gasteiger partial charge in [-0.1, -0.05) is 0 Å². The number of pyridine rings is 2. The van der Waals surface area contributed by atoms with Crippen molar-refractivity contribution < 1.29 is 9.59 Å². The van der Waals surface area contributed by atoms with Crippen molar-refractivity contribution >= 4 is 23.2 Å². The molecule has 3 aromatic heterocycles. The summed E-state index contributed by atoms with van der Waals surface area (Å²) in [4.78, 5) is 52.7. The highest BCUT2D eigenvalue weighted by Crippen LogP contribution is 2.16. The lowest BCUT2D eigenvalue weighted by Gasteiger charge is -2.07. The second-order valence-electron chi connectivity index (χ2n) is 7.04. The highest BCUT2D eigenvalue weighted by atomic mass is 16.2. The van der Waals surface area contributed by atoms with Crippen molar-refractivity contribution in [3.05, 3.63) is 74.3 Å². The summed E-state index contributed by atoms with van der Waals surface area (Å²) in [5.41, 5.74) is 2.27. The van der Waals surface area contributed by atoms with Gasteiger partial charge >= 0.3 is 0 Å². The van der Waals surface area contributed by atoms with E-state index in [2.05, 4.69) is 25.7 Å². The molecule has 0 unspecified atom stereocenters. The Morgan fingerprint density at radius 1 is 0.935 bits per heavy atom. The predicted molar refractivity (Wildman–Crippen MR) is 116 cm³/mol. The Hall–Kier alpha value is -3.95. The summed E-state index contributed by atoms with van der Waals surface area (Å²) in [5, 5.41) is 9.65. The van der Waals surface area contributed by atoms with E-state index in [1.54, 1.807) is 22.9 Å². The molecule has 0 fully saturated rings. The van der Waals surface area contributed by atoms with Gasteiger partial charge in [0.25, 0.3) is 11.1 Å². The minimum Gasteiger partial charge on any atom is -0.327 e. The molecular formula is C21H24N6O4. The van der Waals surface area contributed by atoms with Crippen LogP contribution in [0.25, 0.3) is 0 Å². The third-order valence-corrected chi connectivity index (χ3v) is 4.87. The molecule has 0 spiro atoms. The lowest BCUT2D eigenvalue weighted by Crippen LogP contribution is -2.21. The summed E-state index contributed by atoms with van der Waals surface area (Å²) >= 11 is 0. The number of H-pyrrole nitrogens is 2. The van der Waals surface area contributed by atoms with Crippen LogP contribution in [0.15, 0.2) is 46.2 Å². The number of nitrogens with one attached hydrogen (secondary N) is 4. The van der Waals surface area contributed by atoms with Crippen molar-refractivity contribution in [2.75, 3.05) is 10.6 Å². The van der Waals surface area contributed by atoms with Crippen LogP contribution < -0.4 is 21.8 Å². The van der Waals surface area contributed by atoms with Crippen LogP contribution >= 0.6 is 0 Å². The fourth-order valence-corrected chi connectivity index (χ4v) is 3.22. The summed E-state index contributed by atoms with van der Waals surface area (Å²) < 4.78 is 1.72. The SMILES string of the molecule is Cc1nn(CCC(=O)Nc2ccc[nH]c2=O)c(C)c1CCC(=O)Nc1ccc[nH]c1=O. The van der Waals surface area contributed by atoms with Crippen molar-refractivity contribution in [1.29, 1.82) is 0 Å². The lowest BCUT2D eigenvalue weighted by molar-refractivity contribution is -0.117. The Labute approximate surface area is 177 Å². The number of carbonyl (C=O) groups excluding carboxylic acids is 2. The van der Waals surface area contributed by atoms with Gasteiger partial charge < -0.3 is 20.6 Å². The zero-order valence-corrected chi connectivity index (χ0v) is 17.3. The third-order valence-electron chi connectivity index (χ3n) is 4.87. The lowest BCUT2D eigenvalue weighted by atomic mass is 10.1. The first-order valence-electron chi connectivity index (χ1n) is 9.83. The number of aromatic nitrogens is 4. The first-order valence-corrected chi connectivity index (χ1v) is 9.83. The molecule has 3 aromatic rings. The van der Waals surface area contributed by atoms with E-state index in [-0.39, 0.29) is 47.1 Å². The molecule has 3 heterocycles. The minimum atomic E-state index is -0.361. The number of aromatic amines is 2. The summed E-state index contributed by atoms with van der Waals surface area (Å²) in [6, 6.07) is 6.35. The van der Waals surface area contributed by atoms with Crippen molar-refractivity contribution in [3.8, 4) is 0 Å². The summed E-state index contributed by atoms with van der Waals surface area (Å²) in [5.74, 6) is -0.561. The molecule has 0 aliphatic rings. The maximum absolute atomic E-state index is 12.2. The standard InChI is InChI=1S/C21H24N6O4/c1-13-15(7-8-18(28)24-16-5-3-10-22-20(16)30)14(2)27(26-13)12-9-19(29)25-17-6-4-11-23-21(17)31/h3-6,10-11H,7-9,12H2,1-2H3,(H,22,30)(H,23,31)(H,24,28)(H,25,29). The Bertz CT molecular complexity index is 1210. The molecule has 0 bridgehead atoms. The van der Waals surface area contributed by atoms with Crippen LogP contribution in [0.3, 0.4) is 0 Å². The number of amides is 2. The number of rotatable bonds is 8. The van der Waals surface area contributed by atoms with Crippen molar-refractivity contribution in [1.82, 2.24) is 19.7 Å². The molecule has 3 rings (SSSR count). The van der Waals surface area contributed by atoms with Crippen LogP contribution in [-0.4, -0.2) is 31.6 Å². The molecule has 0 aromatic carbocycles. The van der Waals surface area contributed by atoms with E-state index in [9.17, 15) is 19.2 Å². The number of anilines is 2. The van der Waals surface area contributed by atoms with Gasteiger partial charge in [0.2, 0.25) is 11.8 Å². The van der Waals surface area contributed by atoms with Crippen molar-refractivity contribution in [2.24, 2.45) is 0 Å². The van der Waals surface area contributed by atoms with E-state index in [0.717, 1.165) is 17.0 Å². The second kappa shape index (κ2) is 9.70. The number of hydrogen-bond acceptors (Lipinski definition) is 5. The van der Waals surface area contributed by atoms with Gasteiger partial charge in [0.05, 0.1) is 5.69 Å². The second-order valence-corrected chi connectivity index (χ2v) is 7.04. The summed E-state index contributed by atoms with van der Waals surface area (Å²) in [6.07, 6.45) is 3.79. The van der Waals surface area contributed by atoms with Gasteiger partial charge in [-0.3, -0.25) is 23.9 Å². The van der Waals surface area contributed by atoms with Gasteiger partial charge in [-0.05, 0) is 50.1 Å². The van der Waals surface area contributed by atoms with Gasteiger partial charge in [-0.15, -0.1) is 0 Å². The largest absolute Gasteiger partial charge is 0.327 e. The average Bonchev–Trinajstić information content (AvgIpc) is 3.01. The van der Waals surface area contributed by atoms with Crippen LogP contribution in [0.2, 0.25) is 0 Å². The van der Waals surface area contributed by atoms with E-state index in [1.807, 2.05) is 13.8 Å². The minimum absolute atomic E-state index is 0.146. The normalized spacial score (nSPS) is 10.6. The van der Waals surface area contributed by atoms with E-state index < -0.39 is 0 Å². The van der Waals surface area contributed by atoms with Crippen LogP contribution in [0.1, 0.15) is 29.8 Å². The summed E-state index contributed by atoms with van der Waals surface area (Å²) in [6.45, 7) is 4.08. The number of hydrogen-bond donors (Lipinski definition) is 4. The number of carbonyl (C=O) groups is 2. The molecule has 0 aliphatic carbocycles. The fourth-order valence-electron chi connectivity index (χ4n) is 3.22. The summed E-state index contributed by atoms with van der Waals surface area (Å²) in [7, 11) is 0. The Kier molecular flexibility index (Phi) is 6.81. The zero-order valence-electron chi connectivity index (χ0n) is 17.3. The quantitative estimate of drug-likeness (QED) is 0.433. The number of nitrogens with zero attached hydrogens (tertiary/aromatic N) is 2. The first kappa shape index (κ1) is 21.8. The zero-order chi connectivity index (χ0) is 22.4. The van der Waals surface area contributed by atoms with Gasteiger partial charge in [0.1, 0.15) is 11.4 Å². The molecular weight excluding hydrogens is 400 g/mol. The maximum Gasteiger partial charge on any atom is 0.271 e.